The summed E-state index contributed by atoms with van der Waals surface area (Å²) in [6.07, 6.45) is 1.16. The summed E-state index contributed by atoms with van der Waals surface area (Å²) in [5.74, 6) is -0.265. The van der Waals surface area contributed by atoms with Crippen molar-refractivity contribution in [3.8, 4) is 23.3 Å². The molecule has 2 aromatic rings. The molecule has 0 fully saturated rings. The Hall–Kier alpha value is -3.60. The lowest BCUT2D eigenvalue weighted by Crippen LogP contribution is -2.13. The van der Waals surface area contributed by atoms with Gasteiger partial charge in [0.2, 0.25) is 0 Å². The van der Waals surface area contributed by atoms with E-state index in [-0.39, 0.29) is 22.6 Å². The number of alkyl halides is 2. The number of benzene rings is 2. The van der Waals surface area contributed by atoms with Gasteiger partial charge in [0.1, 0.15) is 17.4 Å². The van der Waals surface area contributed by atoms with Crippen LogP contribution in [0.3, 0.4) is 0 Å². The van der Waals surface area contributed by atoms with E-state index in [2.05, 4.69) is 10.1 Å². The van der Waals surface area contributed by atoms with E-state index < -0.39 is 12.5 Å². The van der Waals surface area contributed by atoms with Gasteiger partial charge >= 0.3 is 6.61 Å². The molecule has 0 unspecified atom stereocenters. The summed E-state index contributed by atoms with van der Waals surface area (Å²) in [6.45, 7) is -0.729. The Morgan fingerprint density at radius 3 is 2.54 bits per heavy atom. The molecule has 0 aliphatic carbocycles. The van der Waals surface area contributed by atoms with Crippen molar-refractivity contribution in [1.29, 1.82) is 5.26 Å². The molecule has 8 heteroatoms. The maximum absolute atomic E-state index is 12.7. The molecule has 0 aliphatic heterocycles. The van der Waals surface area contributed by atoms with Gasteiger partial charge in [0.25, 0.3) is 5.91 Å². The summed E-state index contributed by atoms with van der Waals surface area (Å²) < 4.78 is 40.2. The van der Waals surface area contributed by atoms with E-state index in [0.717, 1.165) is 6.08 Å². The Labute approximate surface area is 160 Å². The van der Waals surface area contributed by atoms with Gasteiger partial charge < -0.3 is 19.5 Å². The van der Waals surface area contributed by atoms with E-state index in [0.29, 0.717) is 18.0 Å². The standard InChI is InChI=1S/C20H18F2N2O4/c1-3-27-16-9-7-15(8-10-16)24-19(25)14(12-23)11-13-5-4-6-17(26-2)18(13)28-20(21)22/h4-11,20H,3H2,1-2H3,(H,24,25)/b14-11+. The van der Waals surface area contributed by atoms with Crippen LogP contribution in [0.1, 0.15) is 12.5 Å². The first-order chi connectivity index (χ1) is 13.5. The van der Waals surface area contributed by atoms with Crippen molar-refractivity contribution in [3.63, 3.8) is 0 Å². The third-order valence-electron chi connectivity index (χ3n) is 3.52. The van der Waals surface area contributed by atoms with E-state index in [1.807, 2.05) is 6.92 Å². The summed E-state index contributed by atoms with van der Waals surface area (Å²) in [5.41, 5.74) is 0.267. The zero-order chi connectivity index (χ0) is 20.5. The first kappa shape index (κ1) is 20.7. The first-order valence-electron chi connectivity index (χ1n) is 8.26. The number of carbonyl (C=O) groups is 1. The average molecular weight is 388 g/mol. The molecule has 0 radical (unpaired) electrons. The minimum atomic E-state index is -3.09. The van der Waals surface area contributed by atoms with Gasteiger partial charge in [-0.3, -0.25) is 4.79 Å². The minimum Gasteiger partial charge on any atom is -0.494 e. The van der Waals surface area contributed by atoms with Crippen LogP contribution in [0, 0.1) is 11.3 Å². The number of hydrogen-bond acceptors (Lipinski definition) is 5. The number of amides is 1. The predicted octanol–water partition coefficient (Wildman–Crippen LogP) is 4.24. The van der Waals surface area contributed by atoms with E-state index in [1.165, 1.54) is 25.3 Å². The minimum absolute atomic E-state index is 0.0539. The second kappa shape index (κ2) is 9.92. The van der Waals surface area contributed by atoms with Crippen LogP contribution in [0.15, 0.2) is 48.0 Å². The molecule has 2 aromatic carbocycles. The monoisotopic (exact) mass is 388 g/mol. The molecule has 0 atom stereocenters. The molecule has 0 saturated carbocycles. The molecule has 0 bridgehead atoms. The molecule has 0 heterocycles. The zero-order valence-corrected chi connectivity index (χ0v) is 15.2. The fourth-order valence-electron chi connectivity index (χ4n) is 2.33. The first-order valence-corrected chi connectivity index (χ1v) is 8.26. The number of anilines is 1. The predicted molar refractivity (Wildman–Crippen MR) is 99.5 cm³/mol. The third-order valence-corrected chi connectivity index (χ3v) is 3.52. The normalized spacial score (nSPS) is 10.9. The lowest BCUT2D eigenvalue weighted by molar-refractivity contribution is -0.112. The smallest absolute Gasteiger partial charge is 0.387 e. The Morgan fingerprint density at radius 1 is 1.25 bits per heavy atom. The molecule has 146 valence electrons. The van der Waals surface area contributed by atoms with E-state index in [9.17, 15) is 18.8 Å². The van der Waals surface area contributed by atoms with Crippen molar-refractivity contribution < 1.29 is 27.8 Å². The Morgan fingerprint density at radius 2 is 1.96 bits per heavy atom. The van der Waals surface area contributed by atoms with Crippen LogP contribution in [0.4, 0.5) is 14.5 Å². The van der Waals surface area contributed by atoms with Crippen LogP contribution in [-0.2, 0) is 4.79 Å². The number of carbonyl (C=O) groups excluding carboxylic acids is 1. The maximum atomic E-state index is 12.7. The van der Waals surface area contributed by atoms with Gasteiger partial charge in [0, 0.05) is 11.3 Å². The average Bonchev–Trinajstić information content (AvgIpc) is 2.68. The second-order valence-corrected chi connectivity index (χ2v) is 5.34. The van der Waals surface area contributed by atoms with Crippen molar-refractivity contribution in [2.75, 3.05) is 19.0 Å². The Bertz CT molecular complexity index is 890. The molecular formula is C20H18F2N2O4. The topological polar surface area (TPSA) is 80.6 Å². The summed E-state index contributed by atoms with van der Waals surface area (Å²) in [7, 11) is 1.30. The molecule has 1 N–H and O–H groups in total. The highest BCUT2D eigenvalue weighted by molar-refractivity contribution is 6.09. The molecule has 6 nitrogen and oxygen atoms in total. The van der Waals surface area contributed by atoms with Gasteiger partial charge in [0.15, 0.2) is 11.5 Å². The van der Waals surface area contributed by atoms with Crippen LogP contribution in [0.5, 0.6) is 17.2 Å². The van der Waals surface area contributed by atoms with Crippen LogP contribution in [-0.4, -0.2) is 26.2 Å². The number of nitrogens with one attached hydrogen (secondary N) is 1. The van der Waals surface area contributed by atoms with Gasteiger partial charge in [-0.1, -0.05) is 12.1 Å². The summed E-state index contributed by atoms with van der Waals surface area (Å²) in [6, 6.07) is 12.7. The number of halogens is 2. The van der Waals surface area contributed by atoms with Crippen molar-refractivity contribution in [3.05, 3.63) is 53.6 Å². The number of hydrogen-bond donors (Lipinski definition) is 1. The van der Waals surface area contributed by atoms with Crippen LogP contribution < -0.4 is 19.5 Å². The molecular weight excluding hydrogens is 370 g/mol. The second-order valence-electron chi connectivity index (χ2n) is 5.34. The van der Waals surface area contributed by atoms with Gasteiger partial charge in [-0.25, -0.2) is 0 Å². The largest absolute Gasteiger partial charge is 0.494 e. The van der Waals surface area contributed by atoms with Gasteiger partial charge in [0.05, 0.1) is 13.7 Å². The molecule has 1 amide bonds. The lowest BCUT2D eigenvalue weighted by atomic mass is 10.1. The van der Waals surface area contributed by atoms with Gasteiger partial charge in [-0.05, 0) is 43.3 Å². The maximum Gasteiger partial charge on any atom is 0.387 e. The fourth-order valence-corrected chi connectivity index (χ4v) is 2.33. The van der Waals surface area contributed by atoms with Crippen molar-refractivity contribution in [2.45, 2.75) is 13.5 Å². The van der Waals surface area contributed by atoms with Crippen molar-refractivity contribution in [1.82, 2.24) is 0 Å². The highest BCUT2D eigenvalue weighted by Crippen LogP contribution is 2.34. The number of nitrogens with zero attached hydrogens (tertiary/aromatic N) is 1. The van der Waals surface area contributed by atoms with Crippen LogP contribution >= 0.6 is 0 Å². The van der Waals surface area contributed by atoms with E-state index in [1.54, 1.807) is 30.3 Å². The molecule has 0 aromatic heterocycles. The number of methoxy groups -OCH3 is 1. The number of ether oxygens (including phenoxy) is 3. The summed E-state index contributed by atoms with van der Waals surface area (Å²) in [5, 5.41) is 11.9. The zero-order valence-electron chi connectivity index (χ0n) is 15.2. The number of rotatable bonds is 8. The fraction of sp³-hybridized carbons (Fsp3) is 0.200. The quantitative estimate of drug-likeness (QED) is 0.540. The molecule has 2 rings (SSSR count). The molecule has 0 spiro atoms. The number of nitriles is 1. The van der Waals surface area contributed by atoms with Gasteiger partial charge in [-0.2, -0.15) is 14.0 Å². The highest BCUT2D eigenvalue weighted by atomic mass is 19.3. The Balaban J connectivity index is 2.28. The molecule has 0 saturated heterocycles. The van der Waals surface area contributed by atoms with Gasteiger partial charge in [-0.15, -0.1) is 0 Å². The van der Waals surface area contributed by atoms with Crippen molar-refractivity contribution in [2.24, 2.45) is 0 Å². The SMILES string of the molecule is CCOc1ccc(NC(=O)/C(C#N)=C/c2cccc(OC)c2OC(F)F)cc1. The van der Waals surface area contributed by atoms with Crippen LogP contribution in [0.2, 0.25) is 0 Å². The summed E-state index contributed by atoms with van der Waals surface area (Å²) in [4.78, 5) is 12.4. The van der Waals surface area contributed by atoms with Crippen LogP contribution in [0.25, 0.3) is 6.08 Å². The lowest BCUT2D eigenvalue weighted by Gasteiger charge is -2.12. The summed E-state index contributed by atoms with van der Waals surface area (Å²) >= 11 is 0. The molecule has 28 heavy (non-hydrogen) atoms. The number of para-hydroxylation sites is 1. The van der Waals surface area contributed by atoms with E-state index >= 15 is 0 Å². The molecule has 0 aliphatic rings. The highest BCUT2D eigenvalue weighted by Gasteiger charge is 2.17. The third kappa shape index (κ3) is 5.45. The Kier molecular flexibility index (Phi) is 7.34. The van der Waals surface area contributed by atoms with E-state index in [4.69, 9.17) is 9.47 Å². The van der Waals surface area contributed by atoms with Crippen molar-refractivity contribution >= 4 is 17.7 Å².